The fourth-order valence-corrected chi connectivity index (χ4v) is 4.56. The van der Waals surface area contributed by atoms with Crippen LogP contribution in [-0.2, 0) is 13.5 Å². The molecule has 4 unspecified atom stereocenters. The van der Waals surface area contributed by atoms with E-state index >= 15 is 0 Å². The highest BCUT2D eigenvalue weighted by atomic mass is 35.5. The van der Waals surface area contributed by atoms with E-state index in [2.05, 4.69) is 5.10 Å². The Morgan fingerprint density at radius 3 is 2.74 bits per heavy atom. The number of hydrogen-bond donors (Lipinski definition) is 1. The molecule has 106 valence electrons. The third-order valence-electron chi connectivity index (χ3n) is 5.23. The Hall–Kier alpha value is -0.540. The zero-order valence-corrected chi connectivity index (χ0v) is 12.7. The fraction of sp³-hybridized carbons (Fsp3) is 0.800. The summed E-state index contributed by atoms with van der Waals surface area (Å²) in [6.45, 7) is 2.02. The molecule has 2 N–H and O–H groups in total. The van der Waals surface area contributed by atoms with Gasteiger partial charge in [0.15, 0.2) is 0 Å². The van der Waals surface area contributed by atoms with Gasteiger partial charge < -0.3 is 5.73 Å². The van der Waals surface area contributed by atoms with Crippen LogP contribution in [0.25, 0.3) is 0 Å². The van der Waals surface area contributed by atoms with Crippen LogP contribution in [-0.4, -0.2) is 15.8 Å². The van der Waals surface area contributed by atoms with Crippen molar-refractivity contribution < 1.29 is 0 Å². The second-order valence-electron chi connectivity index (χ2n) is 6.61. The van der Waals surface area contributed by atoms with Crippen LogP contribution in [0.2, 0.25) is 5.15 Å². The molecule has 4 heteroatoms. The SMILES string of the molecule is Cc1nn(C)c(Cl)c1CC(N)CC1CC2CCC1C2. The largest absolute Gasteiger partial charge is 0.327 e. The number of nitrogens with two attached hydrogens (primary N) is 1. The van der Waals surface area contributed by atoms with E-state index in [0.717, 1.165) is 47.0 Å². The lowest BCUT2D eigenvalue weighted by Gasteiger charge is -2.24. The Balaban J connectivity index is 1.60. The lowest BCUT2D eigenvalue weighted by atomic mass is 9.83. The molecule has 0 aromatic carbocycles. The number of aryl methyl sites for hydroxylation is 2. The van der Waals surface area contributed by atoms with Gasteiger partial charge in [0.1, 0.15) is 5.15 Å². The van der Waals surface area contributed by atoms with Gasteiger partial charge in [-0.15, -0.1) is 0 Å². The van der Waals surface area contributed by atoms with Gasteiger partial charge in [-0.2, -0.15) is 5.10 Å². The monoisotopic (exact) mass is 281 g/mol. The minimum absolute atomic E-state index is 0.227. The summed E-state index contributed by atoms with van der Waals surface area (Å²) in [6, 6.07) is 0.227. The van der Waals surface area contributed by atoms with Crippen LogP contribution in [0.15, 0.2) is 0 Å². The molecule has 2 aliphatic carbocycles. The fourth-order valence-electron chi connectivity index (χ4n) is 4.31. The van der Waals surface area contributed by atoms with E-state index in [1.54, 1.807) is 4.68 Å². The van der Waals surface area contributed by atoms with Crippen LogP contribution >= 0.6 is 11.6 Å². The molecule has 3 rings (SSSR count). The summed E-state index contributed by atoms with van der Waals surface area (Å²) < 4.78 is 1.75. The van der Waals surface area contributed by atoms with Crippen molar-refractivity contribution >= 4 is 11.6 Å². The van der Waals surface area contributed by atoms with E-state index in [1.165, 1.54) is 25.7 Å². The molecule has 2 fully saturated rings. The van der Waals surface area contributed by atoms with Crippen molar-refractivity contribution in [2.45, 2.75) is 51.5 Å². The first-order chi connectivity index (χ1) is 9.04. The van der Waals surface area contributed by atoms with Crippen molar-refractivity contribution in [1.29, 1.82) is 0 Å². The second kappa shape index (κ2) is 5.10. The molecule has 1 aromatic heterocycles. The quantitative estimate of drug-likeness (QED) is 0.922. The Morgan fingerprint density at radius 1 is 1.42 bits per heavy atom. The number of hydrogen-bond acceptors (Lipinski definition) is 2. The topological polar surface area (TPSA) is 43.8 Å². The normalized spacial score (nSPS) is 31.1. The standard InChI is InChI=1S/C15H24ClN3/c1-9-14(15(16)19(2)18-9)8-13(17)7-12-6-10-3-4-11(12)5-10/h10-13H,3-8,17H2,1-2H3. The summed E-state index contributed by atoms with van der Waals surface area (Å²) in [5, 5.41) is 5.11. The van der Waals surface area contributed by atoms with Crippen molar-refractivity contribution in [2.75, 3.05) is 0 Å². The van der Waals surface area contributed by atoms with E-state index in [-0.39, 0.29) is 6.04 Å². The van der Waals surface area contributed by atoms with Crippen molar-refractivity contribution in [2.24, 2.45) is 30.5 Å². The molecular weight excluding hydrogens is 258 g/mol. The van der Waals surface area contributed by atoms with Crippen molar-refractivity contribution in [3.63, 3.8) is 0 Å². The molecule has 1 heterocycles. The molecule has 2 aliphatic rings. The van der Waals surface area contributed by atoms with Gasteiger partial charge in [-0.3, -0.25) is 4.68 Å². The molecule has 0 radical (unpaired) electrons. The minimum atomic E-state index is 0.227. The Bertz CT molecular complexity index is 468. The van der Waals surface area contributed by atoms with Crippen molar-refractivity contribution in [3.8, 4) is 0 Å². The lowest BCUT2D eigenvalue weighted by Crippen LogP contribution is -2.28. The summed E-state index contributed by atoms with van der Waals surface area (Å²) >= 11 is 6.28. The molecule has 2 bridgehead atoms. The second-order valence-corrected chi connectivity index (χ2v) is 6.97. The molecule has 4 atom stereocenters. The summed E-state index contributed by atoms with van der Waals surface area (Å²) in [5.41, 5.74) is 8.53. The first kappa shape index (κ1) is 13.4. The third-order valence-corrected chi connectivity index (χ3v) is 5.70. The highest BCUT2D eigenvalue weighted by Gasteiger charge is 2.39. The molecule has 0 amide bonds. The van der Waals surface area contributed by atoms with Gasteiger partial charge in [0.05, 0.1) is 5.69 Å². The zero-order chi connectivity index (χ0) is 13.6. The zero-order valence-electron chi connectivity index (χ0n) is 11.9. The van der Waals surface area contributed by atoms with Crippen molar-refractivity contribution in [3.05, 3.63) is 16.4 Å². The Morgan fingerprint density at radius 2 is 2.21 bits per heavy atom. The van der Waals surface area contributed by atoms with Crippen LogP contribution in [0.4, 0.5) is 0 Å². The highest BCUT2D eigenvalue weighted by Crippen LogP contribution is 2.49. The van der Waals surface area contributed by atoms with E-state index < -0.39 is 0 Å². The summed E-state index contributed by atoms with van der Waals surface area (Å²) in [5.74, 6) is 2.83. The van der Waals surface area contributed by atoms with Gasteiger partial charge in [-0.1, -0.05) is 18.0 Å². The van der Waals surface area contributed by atoms with Crippen LogP contribution in [0.3, 0.4) is 0 Å². The number of aromatic nitrogens is 2. The van der Waals surface area contributed by atoms with Crippen LogP contribution in [0, 0.1) is 24.7 Å². The molecule has 2 saturated carbocycles. The van der Waals surface area contributed by atoms with Crippen LogP contribution < -0.4 is 5.73 Å². The molecule has 19 heavy (non-hydrogen) atoms. The van der Waals surface area contributed by atoms with Crippen molar-refractivity contribution in [1.82, 2.24) is 9.78 Å². The van der Waals surface area contributed by atoms with E-state index in [1.807, 2.05) is 14.0 Å². The number of rotatable bonds is 4. The molecular formula is C15H24ClN3. The summed E-state index contributed by atoms with van der Waals surface area (Å²) in [7, 11) is 1.89. The van der Waals surface area contributed by atoms with Gasteiger partial charge >= 0.3 is 0 Å². The maximum absolute atomic E-state index is 6.37. The molecule has 0 spiro atoms. The molecule has 3 nitrogen and oxygen atoms in total. The summed E-state index contributed by atoms with van der Waals surface area (Å²) in [4.78, 5) is 0. The third kappa shape index (κ3) is 2.55. The maximum atomic E-state index is 6.37. The van der Waals surface area contributed by atoms with Gasteiger partial charge in [-0.25, -0.2) is 0 Å². The van der Waals surface area contributed by atoms with Crippen LogP contribution in [0.5, 0.6) is 0 Å². The van der Waals surface area contributed by atoms with E-state index in [0.29, 0.717) is 0 Å². The van der Waals surface area contributed by atoms with Gasteiger partial charge in [0, 0.05) is 18.7 Å². The van der Waals surface area contributed by atoms with Gasteiger partial charge in [0.25, 0.3) is 0 Å². The first-order valence-electron chi connectivity index (χ1n) is 7.48. The van der Waals surface area contributed by atoms with E-state index in [9.17, 15) is 0 Å². The first-order valence-corrected chi connectivity index (χ1v) is 7.86. The molecule has 0 saturated heterocycles. The molecule has 1 aromatic rings. The maximum Gasteiger partial charge on any atom is 0.130 e. The Labute approximate surface area is 120 Å². The Kier molecular flexibility index (Phi) is 3.61. The lowest BCUT2D eigenvalue weighted by molar-refractivity contribution is 0.294. The van der Waals surface area contributed by atoms with E-state index in [4.69, 9.17) is 17.3 Å². The van der Waals surface area contributed by atoms with Crippen LogP contribution in [0.1, 0.15) is 43.4 Å². The van der Waals surface area contributed by atoms with Gasteiger partial charge in [0.2, 0.25) is 0 Å². The average molecular weight is 282 g/mol. The molecule has 0 aliphatic heterocycles. The van der Waals surface area contributed by atoms with Gasteiger partial charge in [-0.05, 0) is 56.8 Å². The predicted octanol–water partition coefficient (Wildman–Crippen LogP) is 3.08. The number of halogens is 1. The number of fused-ring (bicyclic) bond motifs is 2. The predicted molar refractivity (Wildman–Crippen MR) is 78.2 cm³/mol. The summed E-state index contributed by atoms with van der Waals surface area (Å²) in [6.07, 6.45) is 7.80. The minimum Gasteiger partial charge on any atom is -0.327 e. The smallest absolute Gasteiger partial charge is 0.130 e. The number of nitrogens with zero attached hydrogens (tertiary/aromatic N) is 2. The highest BCUT2D eigenvalue weighted by molar-refractivity contribution is 6.30. The average Bonchev–Trinajstić information content (AvgIpc) is 3.01.